The minimum Gasteiger partial charge on any atom is -0.478 e. The molecule has 0 aliphatic rings. The van der Waals surface area contributed by atoms with E-state index in [0.29, 0.717) is 5.52 Å². The van der Waals surface area contributed by atoms with E-state index in [9.17, 15) is 23.1 Å². The van der Waals surface area contributed by atoms with Gasteiger partial charge in [0.25, 0.3) is 0 Å². The molecule has 0 aliphatic carbocycles. The third-order valence-electron chi connectivity index (χ3n) is 3.37. The van der Waals surface area contributed by atoms with E-state index in [-0.39, 0.29) is 27.2 Å². The predicted molar refractivity (Wildman–Crippen MR) is 78.5 cm³/mol. The molecule has 0 radical (unpaired) electrons. The van der Waals surface area contributed by atoms with Crippen molar-refractivity contribution in [2.24, 2.45) is 0 Å². The third kappa shape index (κ3) is 2.63. The number of nitrogens with zero attached hydrogens (tertiary/aromatic N) is 1. The lowest BCUT2D eigenvalue weighted by molar-refractivity contribution is -0.137. The van der Waals surface area contributed by atoms with Gasteiger partial charge < -0.3 is 5.11 Å². The number of carboxylic acid groups (broad SMARTS) is 1. The summed E-state index contributed by atoms with van der Waals surface area (Å²) in [5.74, 6) is -1.21. The van der Waals surface area contributed by atoms with E-state index in [1.807, 2.05) is 0 Å². The van der Waals surface area contributed by atoms with Gasteiger partial charge in [-0.05, 0) is 30.3 Å². The number of halogens is 4. The zero-order valence-electron chi connectivity index (χ0n) is 11.3. The topological polar surface area (TPSA) is 66.0 Å². The Morgan fingerprint density at radius 2 is 1.96 bits per heavy atom. The highest BCUT2D eigenvalue weighted by Crippen LogP contribution is 2.38. The maximum atomic E-state index is 12.9. The van der Waals surface area contributed by atoms with E-state index in [0.717, 1.165) is 18.2 Å². The largest absolute Gasteiger partial charge is 0.478 e. The minimum absolute atomic E-state index is 0.0152. The van der Waals surface area contributed by atoms with Crippen LogP contribution in [0.25, 0.3) is 22.2 Å². The average molecular weight is 341 g/mol. The minimum atomic E-state index is -4.54. The first kappa shape index (κ1) is 15.4. The van der Waals surface area contributed by atoms with Crippen LogP contribution in [-0.4, -0.2) is 21.3 Å². The SMILES string of the molecule is O=C(O)c1cccc2[nH]nc(-c3cc(C(F)(F)F)ccc3Cl)c12. The lowest BCUT2D eigenvalue weighted by Gasteiger charge is -2.10. The summed E-state index contributed by atoms with van der Waals surface area (Å²) < 4.78 is 38.7. The molecule has 0 aliphatic heterocycles. The molecule has 2 N–H and O–H groups in total. The molecule has 23 heavy (non-hydrogen) atoms. The van der Waals surface area contributed by atoms with Crippen molar-refractivity contribution in [3.63, 3.8) is 0 Å². The van der Waals surface area contributed by atoms with Crippen molar-refractivity contribution < 1.29 is 23.1 Å². The van der Waals surface area contributed by atoms with Crippen LogP contribution in [0.5, 0.6) is 0 Å². The summed E-state index contributed by atoms with van der Waals surface area (Å²) in [6.07, 6.45) is -4.54. The molecule has 0 bridgehead atoms. The Morgan fingerprint density at radius 3 is 2.61 bits per heavy atom. The Morgan fingerprint density at radius 1 is 1.22 bits per heavy atom. The number of aromatic carboxylic acids is 1. The van der Waals surface area contributed by atoms with E-state index in [2.05, 4.69) is 10.2 Å². The highest BCUT2D eigenvalue weighted by Gasteiger charge is 2.31. The van der Waals surface area contributed by atoms with Crippen molar-refractivity contribution in [3.05, 3.63) is 52.5 Å². The standard InChI is InChI=1S/C15H8ClF3N2O2/c16-10-5-4-7(15(17,18)19)6-9(10)13-12-8(14(22)23)2-1-3-11(12)20-21-13/h1-6H,(H,20,21)(H,22,23). The van der Waals surface area contributed by atoms with Crippen LogP contribution in [0.2, 0.25) is 5.02 Å². The first-order valence-corrected chi connectivity index (χ1v) is 6.74. The Labute approximate surface area is 132 Å². The lowest BCUT2D eigenvalue weighted by Crippen LogP contribution is -2.05. The van der Waals surface area contributed by atoms with Crippen molar-refractivity contribution in [2.75, 3.05) is 0 Å². The van der Waals surface area contributed by atoms with Crippen LogP contribution < -0.4 is 0 Å². The molecule has 0 saturated heterocycles. The van der Waals surface area contributed by atoms with Gasteiger partial charge in [-0.25, -0.2) is 4.79 Å². The summed E-state index contributed by atoms with van der Waals surface area (Å²) in [7, 11) is 0. The summed E-state index contributed by atoms with van der Waals surface area (Å²) in [6, 6.07) is 7.28. The molecule has 118 valence electrons. The van der Waals surface area contributed by atoms with Crippen LogP contribution in [0.15, 0.2) is 36.4 Å². The van der Waals surface area contributed by atoms with Gasteiger partial charge in [-0.1, -0.05) is 17.7 Å². The van der Waals surface area contributed by atoms with Gasteiger partial charge in [0.1, 0.15) is 5.69 Å². The first-order valence-electron chi connectivity index (χ1n) is 6.36. The van der Waals surface area contributed by atoms with E-state index >= 15 is 0 Å². The average Bonchev–Trinajstić information content (AvgIpc) is 2.90. The van der Waals surface area contributed by atoms with Crippen molar-refractivity contribution in [1.82, 2.24) is 10.2 Å². The normalized spacial score (nSPS) is 11.8. The number of benzene rings is 2. The highest BCUT2D eigenvalue weighted by molar-refractivity contribution is 6.33. The van der Waals surface area contributed by atoms with Gasteiger partial charge in [0.15, 0.2) is 0 Å². The van der Waals surface area contributed by atoms with E-state index in [1.54, 1.807) is 6.07 Å². The molecular formula is C15H8ClF3N2O2. The molecule has 3 rings (SSSR count). The van der Waals surface area contributed by atoms with E-state index in [4.69, 9.17) is 11.6 Å². The summed E-state index contributed by atoms with van der Waals surface area (Å²) in [4.78, 5) is 11.4. The van der Waals surface area contributed by atoms with Gasteiger partial charge >= 0.3 is 12.1 Å². The Kier molecular flexibility index (Phi) is 3.52. The van der Waals surface area contributed by atoms with Crippen LogP contribution in [-0.2, 0) is 6.18 Å². The number of hydrogen-bond acceptors (Lipinski definition) is 2. The molecule has 0 atom stereocenters. The fourth-order valence-electron chi connectivity index (χ4n) is 2.33. The van der Waals surface area contributed by atoms with Crippen molar-refractivity contribution in [3.8, 4) is 11.3 Å². The molecule has 0 amide bonds. The third-order valence-corrected chi connectivity index (χ3v) is 3.70. The van der Waals surface area contributed by atoms with Crippen molar-refractivity contribution in [2.45, 2.75) is 6.18 Å². The van der Waals surface area contributed by atoms with Crippen LogP contribution in [0.1, 0.15) is 15.9 Å². The second kappa shape index (κ2) is 5.27. The monoisotopic (exact) mass is 340 g/mol. The second-order valence-electron chi connectivity index (χ2n) is 4.80. The van der Waals surface area contributed by atoms with Gasteiger partial charge in [-0.2, -0.15) is 18.3 Å². The maximum Gasteiger partial charge on any atom is 0.416 e. The zero-order chi connectivity index (χ0) is 16.8. The van der Waals surface area contributed by atoms with Gasteiger partial charge in [0, 0.05) is 10.9 Å². The molecule has 1 aromatic heterocycles. The van der Waals surface area contributed by atoms with Crippen LogP contribution >= 0.6 is 11.6 Å². The van der Waals surface area contributed by atoms with Crippen LogP contribution in [0, 0.1) is 0 Å². The van der Waals surface area contributed by atoms with Gasteiger partial charge in [-0.3, -0.25) is 5.10 Å². The van der Waals surface area contributed by atoms with Crippen LogP contribution in [0.3, 0.4) is 0 Å². The number of nitrogens with one attached hydrogen (secondary N) is 1. The Hall–Kier alpha value is -2.54. The summed E-state index contributed by atoms with van der Waals surface area (Å²) in [5.41, 5.74) is -0.482. The Bertz CT molecular complexity index is 919. The maximum absolute atomic E-state index is 12.9. The highest BCUT2D eigenvalue weighted by atomic mass is 35.5. The first-order chi connectivity index (χ1) is 10.8. The molecule has 1 heterocycles. The van der Waals surface area contributed by atoms with Crippen LogP contribution in [0.4, 0.5) is 13.2 Å². The molecule has 3 aromatic rings. The number of carbonyl (C=O) groups is 1. The van der Waals surface area contributed by atoms with Crippen molar-refractivity contribution >= 4 is 28.5 Å². The fraction of sp³-hybridized carbons (Fsp3) is 0.0667. The van der Waals surface area contributed by atoms with E-state index in [1.165, 1.54) is 12.1 Å². The molecule has 0 spiro atoms. The molecular weight excluding hydrogens is 333 g/mol. The number of aromatic amines is 1. The summed E-state index contributed by atoms with van der Waals surface area (Å²) in [5, 5.41) is 16.1. The van der Waals surface area contributed by atoms with Gasteiger partial charge in [0.05, 0.1) is 21.7 Å². The molecule has 2 aromatic carbocycles. The fourth-order valence-corrected chi connectivity index (χ4v) is 2.54. The smallest absolute Gasteiger partial charge is 0.416 e. The molecule has 0 fully saturated rings. The summed E-state index contributed by atoms with van der Waals surface area (Å²) in [6.45, 7) is 0. The second-order valence-corrected chi connectivity index (χ2v) is 5.21. The number of H-pyrrole nitrogens is 1. The van der Waals surface area contributed by atoms with Gasteiger partial charge in [0.2, 0.25) is 0 Å². The molecule has 8 heteroatoms. The number of hydrogen-bond donors (Lipinski definition) is 2. The predicted octanol–water partition coefficient (Wildman–Crippen LogP) is 4.60. The van der Waals surface area contributed by atoms with Crippen molar-refractivity contribution in [1.29, 1.82) is 0 Å². The molecule has 4 nitrogen and oxygen atoms in total. The van der Waals surface area contributed by atoms with E-state index < -0.39 is 17.7 Å². The number of aromatic nitrogens is 2. The number of carboxylic acids is 1. The van der Waals surface area contributed by atoms with Gasteiger partial charge in [-0.15, -0.1) is 0 Å². The molecule has 0 unspecified atom stereocenters. The summed E-state index contributed by atoms with van der Waals surface area (Å²) >= 11 is 6.00. The molecule has 0 saturated carbocycles. The quantitative estimate of drug-likeness (QED) is 0.716. The zero-order valence-corrected chi connectivity index (χ0v) is 12.0. The number of rotatable bonds is 2. The Balaban J connectivity index is 2.32. The number of alkyl halides is 3. The lowest BCUT2D eigenvalue weighted by atomic mass is 10.0. The number of fused-ring (bicyclic) bond motifs is 1.